The van der Waals surface area contributed by atoms with Crippen LogP contribution in [0.4, 0.5) is 8.78 Å². The molecule has 1 unspecified atom stereocenters. The predicted molar refractivity (Wildman–Crippen MR) is 88.9 cm³/mol. The monoisotopic (exact) mass is 343 g/mol. The van der Waals surface area contributed by atoms with E-state index in [-0.39, 0.29) is 12.1 Å². The third-order valence-corrected chi connectivity index (χ3v) is 3.86. The van der Waals surface area contributed by atoms with Gasteiger partial charge in [-0.15, -0.1) is 0 Å². The lowest BCUT2D eigenvalue weighted by Crippen LogP contribution is -2.34. The quantitative estimate of drug-likeness (QED) is 0.792. The van der Waals surface area contributed by atoms with Crippen molar-refractivity contribution >= 4 is 16.9 Å². The molecule has 25 heavy (non-hydrogen) atoms. The predicted octanol–water partition coefficient (Wildman–Crippen LogP) is 2.55. The van der Waals surface area contributed by atoms with Gasteiger partial charge in [-0.1, -0.05) is 18.2 Å². The van der Waals surface area contributed by atoms with Crippen LogP contribution in [0.3, 0.4) is 0 Å². The van der Waals surface area contributed by atoms with E-state index in [4.69, 9.17) is 0 Å². The molecule has 0 aliphatic carbocycles. The molecular weight excluding hydrogens is 328 g/mol. The van der Waals surface area contributed by atoms with Crippen LogP contribution in [0.15, 0.2) is 53.5 Å². The number of nitrogens with zero attached hydrogens (tertiary/aromatic N) is 2. The highest BCUT2D eigenvalue weighted by atomic mass is 19.1. The van der Waals surface area contributed by atoms with E-state index in [1.165, 1.54) is 10.6 Å². The van der Waals surface area contributed by atoms with Gasteiger partial charge in [0.1, 0.15) is 18.2 Å². The van der Waals surface area contributed by atoms with Crippen LogP contribution in [0, 0.1) is 11.6 Å². The molecule has 0 spiro atoms. The number of hydrogen-bond acceptors (Lipinski definition) is 3. The smallest absolute Gasteiger partial charge is 0.269 e. The van der Waals surface area contributed by atoms with Gasteiger partial charge >= 0.3 is 0 Å². The molecule has 0 aliphatic heterocycles. The fourth-order valence-corrected chi connectivity index (χ4v) is 2.64. The van der Waals surface area contributed by atoms with Crippen LogP contribution < -0.4 is 10.9 Å². The summed E-state index contributed by atoms with van der Waals surface area (Å²) in [7, 11) is 0. The largest absolute Gasteiger partial charge is 0.348 e. The number of fused-ring (bicyclic) bond motifs is 1. The maximum absolute atomic E-state index is 13.8. The number of nitrogens with one attached hydrogen (secondary N) is 1. The second-order valence-corrected chi connectivity index (χ2v) is 5.63. The highest BCUT2D eigenvalue weighted by Gasteiger charge is 2.15. The van der Waals surface area contributed by atoms with E-state index in [9.17, 15) is 18.4 Å². The van der Waals surface area contributed by atoms with Gasteiger partial charge in [-0.2, -0.15) is 0 Å². The Morgan fingerprint density at radius 2 is 2.00 bits per heavy atom. The zero-order chi connectivity index (χ0) is 18.0. The third kappa shape index (κ3) is 3.55. The van der Waals surface area contributed by atoms with Crippen LogP contribution >= 0.6 is 0 Å². The number of hydrogen-bond donors (Lipinski definition) is 1. The molecular formula is C18H15F2N3O2. The molecule has 1 atom stereocenters. The van der Waals surface area contributed by atoms with Crippen LogP contribution in [-0.4, -0.2) is 15.5 Å². The summed E-state index contributed by atoms with van der Waals surface area (Å²) in [5, 5.41) is 2.62. The Labute approximate surface area is 141 Å². The average Bonchev–Trinajstić information content (AvgIpc) is 2.57. The minimum absolute atomic E-state index is 0.168. The third-order valence-electron chi connectivity index (χ3n) is 3.86. The van der Waals surface area contributed by atoms with Crippen molar-refractivity contribution in [2.45, 2.75) is 19.5 Å². The average molecular weight is 343 g/mol. The fourth-order valence-electron chi connectivity index (χ4n) is 2.64. The summed E-state index contributed by atoms with van der Waals surface area (Å²) in [6, 6.07) is 9.46. The Bertz CT molecular complexity index is 1000. The topological polar surface area (TPSA) is 64.0 Å². The Hall–Kier alpha value is -3.09. The van der Waals surface area contributed by atoms with Crippen LogP contribution in [0.25, 0.3) is 11.0 Å². The molecule has 0 saturated heterocycles. The van der Waals surface area contributed by atoms with Gasteiger partial charge in [0.05, 0.1) is 23.3 Å². The molecule has 1 amide bonds. The number of carbonyl (C=O) groups is 1. The Morgan fingerprint density at radius 3 is 2.76 bits per heavy atom. The Balaban J connectivity index is 1.81. The van der Waals surface area contributed by atoms with Gasteiger partial charge in [0.25, 0.3) is 5.56 Å². The number of carbonyl (C=O) groups excluding carboxylic acids is 1. The summed E-state index contributed by atoms with van der Waals surface area (Å²) >= 11 is 0. The lowest BCUT2D eigenvalue weighted by atomic mass is 10.1. The van der Waals surface area contributed by atoms with Crippen molar-refractivity contribution in [1.29, 1.82) is 0 Å². The molecule has 2 aromatic carbocycles. The second kappa shape index (κ2) is 6.80. The summed E-state index contributed by atoms with van der Waals surface area (Å²) in [6.07, 6.45) is 1.15. The summed E-state index contributed by atoms with van der Waals surface area (Å²) in [4.78, 5) is 28.3. The number of para-hydroxylation sites is 2. The first-order valence-corrected chi connectivity index (χ1v) is 7.64. The molecule has 0 bridgehead atoms. The fraction of sp³-hybridized carbons (Fsp3) is 0.167. The van der Waals surface area contributed by atoms with Crippen molar-refractivity contribution in [2.75, 3.05) is 0 Å². The van der Waals surface area contributed by atoms with E-state index in [1.54, 1.807) is 31.2 Å². The van der Waals surface area contributed by atoms with E-state index < -0.39 is 29.1 Å². The maximum atomic E-state index is 13.8. The number of rotatable bonds is 4. The van der Waals surface area contributed by atoms with Crippen LogP contribution in [-0.2, 0) is 11.3 Å². The number of aromatic nitrogens is 2. The van der Waals surface area contributed by atoms with Crippen molar-refractivity contribution in [1.82, 2.24) is 14.9 Å². The van der Waals surface area contributed by atoms with Gasteiger partial charge in [0.15, 0.2) is 0 Å². The second-order valence-electron chi connectivity index (χ2n) is 5.63. The van der Waals surface area contributed by atoms with Crippen LogP contribution in [0.1, 0.15) is 18.5 Å². The first kappa shape index (κ1) is 16.8. The van der Waals surface area contributed by atoms with Crippen molar-refractivity contribution in [2.24, 2.45) is 0 Å². The van der Waals surface area contributed by atoms with E-state index >= 15 is 0 Å². The van der Waals surface area contributed by atoms with Gasteiger partial charge in [-0.25, -0.2) is 13.8 Å². The summed E-state index contributed by atoms with van der Waals surface area (Å²) < 4.78 is 28.1. The first-order chi connectivity index (χ1) is 12.0. The van der Waals surface area contributed by atoms with E-state index in [0.29, 0.717) is 11.0 Å². The number of halogens is 2. The summed E-state index contributed by atoms with van der Waals surface area (Å²) in [6.45, 7) is 1.36. The van der Waals surface area contributed by atoms with Gasteiger partial charge in [-0.3, -0.25) is 14.2 Å². The minimum atomic E-state index is -0.737. The SMILES string of the molecule is CC(NC(=O)Cn1c(=O)cnc2ccccc21)c1ccc(F)cc1F. The van der Waals surface area contributed by atoms with Crippen molar-refractivity contribution in [3.63, 3.8) is 0 Å². The molecule has 0 radical (unpaired) electrons. The summed E-state index contributed by atoms with van der Waals surface area (Å²) in [5.41, 5.74) is 0.884. The Morgan fingerprint density at radius 1 is 1.24 bits per heavy atom. The first-order valence-electron chi connectivity index (χ1n) is 7.64. The maximum Gasteiger partial charge on any atom is 0.269 e. The van der Waals surface area contributed by atoms with Gasteiger partial charge < -0.3 is 5.32 Å². The van der Waals surface area contributed by atoms with Crippen LogP contribution in [0.2, 0.25) is 0 Å². The van der Waals surface area contributed by atoms with E-state index in [2.05, 4.69) is 10.3 Å². The molecule has 1 heterocycles. The van der Waals surface area contributed by atoms with E-state index in [1.807, 2.05) is 0 Å². The molecule has 3 rings (SSSR count). The van der Waals surface area contributed by atoms with Crippen LogP contribution in [0.5, 0.6) is 0 Å². The molecule has 1 N–H and O–H groups in total. The molecule has 5 nitrogen and oxygen atoms in total. The standard InChI is InChI=1S/C18H15F2N3O2/c1-11(13-7-6-12(19)8-14(13)20)22-17(24)10-23-16-5-3-2-4-15(16)21-9-18(23)25/h2-9,11H,10H2,1H3,(H,22,24). The molecule has 0 aliphatic rings. The van der Waals surface area contributed by atoms with E-state index in [0.717, 1.165) is 18.3 Å². The normalized spacial score (nSPS) is 12.1. The summed E-state index contributed by atoms with van der Waals surface area (Å²) in [5.74, 6) is -1.89. The molecule has 1 aromatic heterocycles. The lowest BCUT2D eigenvalue weighted by molar-refractivity contribution is -0.122. The lowest BCUT2D eigenvalue weighted by Gasteiger charge is -2.16. The molecule has 7 heteroatoms. The molecule has 3 aromatic rings. The van der Waals surface area contributed by atoms with Crippen molar-refractivity contribution < 1.29 is 13.6 Å². The molecule has 128 valence electrons. The number of benzene rings is 2. The highest BCUT2D eigenvalue weighted by molar-refractivity contribution is 5.80. The van der Waals surface area contributed by atoms with Crippen molar-refractivity contribution in [3.8, 4) is 0 Å². The molecule has 0 saturated carbocycles. The zero-order valence-corrected chi connectivity index (χ0v) is 13.4. The van der Waals surface area contributed by atoms with Crippen molar-refractivity contribution in [3.05, 3.63) is 76.2 Å². The molecule has 0 fully saturated rings. The zero-order valence-electron chi connectivity index (χ0n) is 13.4. The number of amides is 1. The van der Waals surface area contributed by atoms with Gasteiger partial charge in [0, 0.05) is 11.6 Å². The van der Waals surface area contributed by atoms with Gasteiger partial charge in [-0.05, 0) is 25.1 Å². The van der Waals surface area contributed by atoms with Gasteiger partial charge in [0.2, 0.25) is 5.91 Å². The minimum Gasteiger partial charge on any atom is -0.348 e. The highest BCUT2D eigenvalue weighted by Crippen LogP contribution is 2.17. The Kier molecular flexibility index (Phi) is 4.56.